The van der Waals surface area contributed by atoms with E-state index in [0.29, 0.717) is 7.85 Å². The zero-order chi connectivity index (χ0) is 35.6. The van der Waals surface area contributed by atoms with E-state index in [1.54, 1.807) is 0 Å². The largest absolute Gasteiger partial charge is 0.381 e. The standard InChI is InChI=1S/C26H33BN4O16/c1-28-19(34)21(37,22(38,39)20(35,36)12-32)30-11-16-15(18(30)33)7-4-8-17(16)29-9-13-5-2-3-6-14(13)10-31-24(41,42)23(27,40)47-26(45,46)25(31,43)44/h2-8,12,29,35-46H,9-11,27H2,1H3,(H,28,34). The molecule has 2 unspecified atom stereocenters. The summed E-state index contributed by atoms with van der Waals surface area (Å²) in [5.41, 5.74) is -6.65. The van der Waals surface area contributed by atoms with E-state index in [2.05, 4.69) is 10.1 Å². The molecule has 21 heteroatoms. The fraction of sp³-hybridized carbons (Fsp3) is 0.423. The number of carbonyl (C=O) groups is 3. The Balaban J connectivity index is 1.67. The van der Waals surface area contributed by atoms with Crippen molar-refractivity contribution in [2.24, 2.45) is 0 Å². The van der Waals surface area contributed by atoms with E-state index in [1.165, 1.54) is 42.5 Å². The molecule has 2 aliphatic rings. The summed E-state index contributed by atoms with van der Waals surface area (Å²) in [6.07, 6.45) is -0.771. The second-order valence-electron chi connectivity index (χ2n) is 11.2. The van der Waals surface area contributed by atoms with Gasteiger partial charge in [-0.2, -0.15) is 4.90 Å². The molecule has 2 aromatic carbocycles. The number of aldehydes is 1. The van der Waals surface area contributed by atoms with Gasteiger partial charge in [0.25, 0.3) is 35.0 Å². The molecule has 47 heavy (non-hydrogen) atoms. The summed E-state index contributed by atoms with van der Waals surface area (Å²) >= 11 is 0. The van der Waals surface area contributed by atoms with E-state index < -0.39 is 72.0 Å². The Hall–Kier alpha value is -3.65. The summed E-state index contributed by atoms with van der Waals surface area (Å²) in [5, 5.41) is 129. The second-order valence-corrected chi connectivity index (χ2v) is 11.2. The molecular weight excluding hydrogens is 635 g/mol. The third-order valence-electron chi connectivity index (χ3n) is 8.13. The number of ether oxygens (including phenoxy) is 1. The number of fused-ring (bicyclic) bond motifs is 1. The molecule has 2 aromatic rings. The number of morpholine rings is 1. The average molecular weight is 668 g/mol. The predicted octanol–water partition coefficient (Wildman–Crippen LogP) is -7.72. The number of nitrogens with one attached hydrogen (secondary N) is 2. The van der Waals surface area contributed by atoms with Gasteiger partial charge in [0.2, 0.25) is 0 Å². The van der Waals surface area contributed by atoms with Crippen molar-refractivity contribution in [3.05, 3.63) is 64.7 Å². The van der Waals surface area contributed by atoms with Crippen molar-refractivity contribution in [3.8, 4) is 0 Å². The number of carbonyl (C=O) groups excluding carboxylic acids is 3. The average Bonchev–Trinajstić information content (AvgIpc) is 3.33. The molecule has 0 aromatic heterocycles. The van der Waals surface area contributed by atoms with Crippen LogP contribution in [0.25, 0.3) is 0 Å². The fourth-order valence-electron chi connectivity index (χ4n) is 5.27. The first-order chi connectivity index (χ1) is 21.4. The lowest BCUT2D eigenvalue weighted by Gasteiger charge is -2.57. The van der Waals surface area contributed by atoms with Gasteiger partial charge in [-0.05, 0) is 23.3 Å². The third kappa shape index (κ3) is 5.37. The first-order valence-electron chi connectivity index (χ1n) is 13.5. The van der Waals surface area contributed by atoms with Gasteiger partial charge in [0.15, 0.2) is 19.8 Å². The normalized spacial score (nSPS) is 23.5. The van der Waals surface area contributed by atoms with Crippen LogP contribution >= 0.6 is 0 Å². The van der Waals surface area contributed by atoms with E-state index in [1.807, 2.05) is 5.32 Å². The molecule has 20 nitrogen and oxygen atoms in total. The number of hydrogen-bond acceptors (Lipinski definition) is 18. The van der Waals surface area contributed by atoms with E-state index >= 15 is 0 Å². The number of anilines is 1. The van der Waals surface area contributed by atoms with Gasteiger partial charge in [0.1, 0.15) is 0 Å². The van der Waals surface area contributed by atoms with Gasteiger partial charge in [0, 0.05) is 37.0 Å². The topological polar surface area (TPSA) is 334 Å². The first-order valence-corrected chi connectivity index (χ1v) is 13.5. The summed E-state index contributed by atoms with van der Waals surface area (Å²) in [6.45, 7) is -1.81. The zero-order valence-corrected chi connectivity index (χ0v) is 24.6. The molecule has 2 aliphatic heterocycles. The van der Waals surface area contributed by atoms with Gasteiger partial charge in [-0.15, -0.1) is 0 Å². The van der Waals surface area contributed by atoms with Gasteiger partial charge in [0.05, 0.1) is 6.54 Å². The smallest absolute Gasteiger partial charge is 0.353 e. The Labute approximate surface area is 264 Å². The van der Waals surface area contributed by atoms with Crippen LogP contribution in [-0.4, -0.2) is 145 Å². The lowest BCUT2D eigenvalue weighted by Crippen LogP contribution is -2.84. The van der Waals surface area contributed by atoms with Crippen molar-refractivity contribution in [2.45, 2.75) is 60.4 Å². The fourth-order valence-corrected chi connectivity index (χ4v) is 5.27. The molecular formula is C26H33BN4O16. The van der Waals surface area contributed by atoms with Crippen LogP contribution in [0, 0.1) is 0 Å². The Bertz CT molecular complexity index is 1560. The SMILES string of the molecule is BC1(O)OC(O)(O)C(O)(O)N(Cc2ccccc2CNc2cccc3c2CN(C(O)(C(=O)NC)C(O)(O)C(O)(O)C=O)C3=O)C1(O)O. The summed E-state index contributed by atoms with van der Waals surface area (Å²) < 4.78 is 4.31. The molecule has 2 heterocycles. The Kier molecular flexibility index (Phi) is 8.86. The van der Waals surface area contributed by atoms with Crippen LogP contribution in [0.2, 0.25) is 0 Å². The molecule has 1 saturated heterocycles. The molecule has 2 atom stereocenters. The highest BCUT2D eigenvalue weighted by molar-refractivity contribution is 6.14. The van der Waals surface area contributed by atoms with E-state index in [0.717, 1.165) is 7.05 Å². The molecule has 2 amide bonds. The number of hydrogen-bond donors (Lipinski definition) is 14. The number of amides is 2. The molecule has 0 aliphatic carbocycles. The molecule has 256 valence electrons. The van der Waals surface area contributed by atoms with Crippen LogP contribution in [0.4, 0.5) is 5.69 Å². The van der Waals surface area contributed by atoms with Crippen molar-refractivity contribution in [2.75, 3.05) is 12.4 Å². The molecule has 0 bridgehead atoms. The monoisotopic (exact) mass is 668 g/mol. The van der Waals surface area contributed by atoms with E-state index in [-0.39, 0.29) is 44.3 Å². The molecule has 1 fully saturated rings. The minimum absolute atomic E-state index is 0.0460. The Morgan fingerprint density at radius 1 is 0.957 bits per heavy atom. The van der Waals surface area contributed by atoms with Crippen LogP contribution < -0.4 is 10.6 Å². The lowest BCUT2D eigenvalue weighted by atomic mass is 9.86. The summed E-state index contributed by atoms with van der Waals surface area (Å²) in [4.78, 5) is 37.5. The minimum Gasteiger partial charge on any atom is -0.381 e. The van der Waals surface area contributed by atoms with Crippen molar-refractivity contribution in [1.29, 1.82) is 0 Å². The Morgan fingerprint density at radius 3 is 2.13 bits per heavy atom. The van der Waals surface area contributed by atoms with Gasteiger partial charge >= 0.3 is 11.9 Å². The van der Waals surface area contributed by atoms with Crippen molar-refractivity contribution < 1.29 is 80.4 Å². The molecule has 0 spiro atoms. The quantitative estimate of drug-likeness (QED) is 0.0635. The van der Waals surface area contributed by atoms with Crippen molar-refractivity contribution in [3.63, 3.8) is 0 Å². The van der Waals surface area contributed by atoms with E-state index in [9.17, 15) is 75.7 Å². The Morgan fingerprint density at radius 2 is 1.55 bits per heavy atom. The van der Waals surface area contributed by atoms with Crippen LogP contribution in [0.5, 0.6) is 0 Å². The maximum Gasteiger partial charge on any atom is 0.353 e. The maximum atomic E-state index is 13.4. The van der Waals surface area contributed by atoms with Gasteiger partial charge in [-0.25, -0.2) is 0 Å². The summed E-state index contributed by atoms with van der Waals surface area (Å²) in [7, 11) is 1.54. The van der Waals surface area contributed by atoms with Gasteiger partial charge < -0.3 is 71.9 Å². The highest BCUT2D eigenvalue weighted by atomic mass is 16.9. The van der Waals surface area contributed by atoms with Crippen LogP contribution in [-0.2, 0) is 34.0 Å². The van der Waals surface area contributed by atoms with Crippen molar-refractivity contribution >= 4 is 31.6 Å². The van der Waals surface area contributed by atoms with E-state index in [4.69, 9.17) is 0 Å². The lowest BCUT2D eigenvalue weighted by molar-refractivity contribution is -0.612. The minimum atomic E-state index is -4.36. The second kappa shape index (κ2) is 11.5. The van der Waals surface area contributed by atoms with Crippen LogP contribution in [0.1, 0.15) is 27.0 Å². The number of aliphatic hydroxyl groups is 12. The number of rotatable bonds is 10. The molecule has 0 saturated carbocycles. The maximum absolute atomic E-state index is 13.4. The van der Waals surface area contributed by atoms with Crippen LogP contribution in [0.15, 0.2) is 42.5 Å². The van der Waals surface area contributed by atoms with Gasteiger partial charge in [-0.1, -0.05) is 30.3 Å². The van der Waals surface area contributed by atoms with Crippen molar-refractivity contribution in [1.82, 2.24) is 15.1 Å². The highest BCUT2D eigenvalue weighted by Gasteiger charge is 2.72. The number of benzene rings is 2. The first kappa shape index (κ1) is 36.2. The third-order valence-corrected chi connectivity index (χ3v) is 8.13. The number of likely N-dealkylation sites (N-methyl/N-ethyl adjacent to an activating group) is 1. The summed E-state index contributed by atoms with van der Waals surface area (Å²) in [6, 6.07) is 9.89. The van der Waals surface area contributed by atoms with Gasteiger partial charge in [-0.3, -0.25) is 24.0 Å². The summed E-state index contributed by atoms with van der Waals surface area (Å²) in [5.74, 6) is -22.8. The number of nitrogens with zero attached hydrogens (tertiary/aromatic N) is 2. The zero-order valence-electron chi connectivity index (χ0n) is 24.6. The molecule has 4 rings (SSSR count). The predicted molar refractivity (Wildman–Crippen MR) is 151 cm³/mol. The molecule has 14 N–H and O–H groups in total. The highest BCUT2D eigenvalue weighted by Crippen LogP contribution is 2.43. The van der Waals surface area contributed by atoms with Crippen LogP contribution in [0.3, 0.4) is 0 Å². The molecule has 0 radical (unpaired) electrons.